The van der Waals surface area contributed by atoms with Crippen molar-refractivity contribution in [3.05, 3.63) is 29.9 Å². The number of hydrogen-bond acceptors (Lipinski definition) is 5. The van der Waals surface area contributed by atoms with Crippen LogP contribution in [-0.4, -0.2) is 36.5 Å². The number of hydrogen-bond donors (Lipinski definition) is 2. The van der Waals surface area contributed by atoms with Crippen LogP contribution in [-0.2, 0) is 6.54 Å². The van der Waals surface area contributed by atoms with E-state index in [1.807, 2.05) is 16.9 Å². The second kappa shape index (κ2) is 4.61. The number of nitrogens with zero attached hydrogens (tertiary/aromatic N) is 5. The first-order valence-corrected chi connectivity index (χ1v) is 5.78. The summed E-state index contributed by atoms with van der Waals surface area (Å²) < 4.78 is 1.84. The Labute approximate surface area is 107 Å². The van der Waals surface area contributed by atoms with Crippen molar-refractivity contribution in [2.75, 3.05) is 11.9 Å². The van der Waals surface area contributed by atoms with E-state index in [1.54, 1.807) is 12.4 Å². The maximum Gasteiger partial charge on any atom is 0.226 e. The molecule has 0 bridgehead atoms. The van der Waals surface area contributed by atoms with E-state index in [0.717, 1.165) is 11.9 Å². The maximum absolute atomic E-state index is 5.83. The molecule has 0 radical (unpaired) electrons. The van der Waals surface area contributed by atoms with Gasteiger partial charge >= 0.3 is 0 Å². The predicted molar refractivity (Wildman–Crippen MR) is 67.4 cm³/mol. The third kappa shape index (κ3) is 2.12. The molecule has 3 aromatic rings. The molecule has 0 atom stereocenters. The van der Waals surface area contributed by atoms with Crippen LogP contribution in [0.25, 0.3) is 11.0 Å². The number of anilines is 1. The number of aromatic nitrogens is 6. The molecular weight excluding hydrogens is 254 g/mol. The van der Waals surface area contributed by atoms with Crippen LogP contribution >= 0.6 is 11.6 Å². The van der Waals surface area contributed by atoms with Gasteiger partial charge in [-0.1, -0.05) is 0 Å². The number of nitrogens with one attached hydrogen (secondary N) is 2. The van der Waals surface area contributed by atoms with Gasteiger partial charge in [-0.05, 0) is 17.7 Å². The Kier molecular flexibility index (Phi) is 2.81. The summed E-state index contributed by atoms with van der Waals surface area (Å²) in [5, 5.41) is 15.0. The summed E-state index contributed by atoms with van der Waals surface area (Å²) in [5.41, 5.74) is 0.622. The Morgan fingerprint density at radius 3 is 3.17 bits per heavy atom. The molecule has 0 amide bonds. The van der Waals surface area contributed by atoms with Gasteiger partial charge in [0.15, 0.2) is 5.65 Å². The van der Waals surface area contributed by atoms with Crippen LogP contribution in [0, 0.1) is 0 Å². The summed E-state index contributed by atoms with van der Waals surface area (Å²) in [6.07, 6.45) is 5.32. The molecular formula is C10H10ClN7. The summed E-state index contributed by atoms with van der Waals surface area (Å²) in [4.78, 5) is 8.18. The lowest BCUT2D eigenvalue weighted by atomic mass is 10.4. The topological polar surface area (TPSA) is 84.3 Å². The van der Waals surface area contributed by atoms with E-state index < -0.39 is 0 Å². The second-order valence-corrected chi connectivity index (χ2v) is 4.01. The van der Waals surface area contributed by atoms with Crippen LogP contribution in [0.1, 0.15) is 0 Å². The minimum atomic E-state index is 0.188. The number of aromatic amines is 1. The van der Waals surface area contributed by atoms with Gasteiger partial charge in [0.05, 0.1) is 18.1 Å². The van der Waals surface area contributed by atoms with E-state index in [0.29, 0.717) is 18.0 Å². The van der Waals surface area contributed by atoms with Crippen molar-refractivity contribution in [2.24, 2.45) is 0 Å². The fraction of sp³-hybridized carbons (Fsp3) is 0.200. The van der Waals surface area contributed by atoms with Crippen LogP contribution in [0.4, 0.5) is 5.82 Å². The summed E-state index contributed by atoms with van der Waals surface area (Å²) in [6.45, 7) is 1.43. The number of rotatable bonds is 4. The Bertz CT molecular complexity index is 645. The highest BCUT2D eigenvalue weighted by molar-refractivity contribution is 6.28. The van der Waals surface area contributed by atoms with Crippen molar-refractivity contribution >= 4 is 28.5 Å². The van der Waals surface area contributed by atoms with Gasteiger partial charge in [0.2, 0.25) is 5.28 Å². The first-order chi connectivity index (χ1) is 8.83. The van der Waals surface area contributed by atoms with Gasteiger partial charge in [-0.15, -0.1) is 0 Å². The minimum Gasteiger partial charge on any atom is -0.367 e. The SMILES string of the molecule is Clc1nc(NCCn2cccn2)c2cn[nH]c2n1. The van der Waals surface area contributed by atoms with Crippen molar-refractivity contribution in [2.45, 2.75) is 6.54 Å². The number of fused-ring (bicyclic) bond motifs is 1. The minimum absolute atomic E-state index is 0.188. The average molecular weight is 264 g/mol. The van der Waals surface area contributed by atoms with Crippen LogP contribution in [0.5, 0.6) is 0 Å². The molecule has 0 fully saturated rings. The Balaban J connectivity index is 1.75. The molecule has 3 rings (SSSR count). The van der Waals surface area contributed by atoms with Crippen LogP contribution in [0.2, 0.25) is 5.28 Å². The third-order valence-corrected chi connectivity index (χ3v) is 2.64. The molecule has 0 aliphatic heterocycles. The summed E-state index contributed by atoms with van der Waals surface area (Å²) >= 11 is 5.83. The normalized spacial score (nSPS) is 10.9. The highest BCUT2D eigenvalue weighted by Crippen LogP contribution is 2.19. The lowest BCUT2D eigenvalue weighted by Gasteiger charge is -2.06. The molecule has 3 aromatic heterocycles. The van der Waals surface area contributed by atoms with Crippen molar-refractivity contribution < 1.29 is 0 Å². The largest absolute Gasteiger partial charge is 0.367 e. The van der Waals surface area contributed by atoms with Crippen molar-refractivity contribution in [3.8, 4) is 0 Å². The zero-order valence-corrected chi connectivity index (χ0v) is 10.1. The summed E-state index contributed by atoms with van der Waals surface area (Å²) in [7, 11) is 0. The molecule has 3 heterocycles. The van der Waals surface area contributed by atoms with E-state index in [-0.39, 0.29) is 5.28 Å². The van der Waals surface area contributed by atoms with Gasteiger partial charge < -0.3 is 5.32 Å². The number of halogens is 1. The molecule has 0 spiro atoms. The van der Waals surface area contributed by atoms with Gasteiger partial charge in [-0.25, -0.2) is 0 Å². The molecule has 0 aliphatic carbocycles. The lowest BCUT2D eigenvalue weighted by Crippen LogP contribution is -2.12. The fourth-order valence-corrected chi connectivity index (χ4v) is 1.83. The molecule has 7 nitrogen and oxygen atoms in total. The highest BCUT2D eigenvalue weighted by Gasteiger charge is 2.07. The molecule has 2 N–H and O–H groups in total. The van der Waals surface area contributed by atoms with Gasteiger partial charge in [0, 0.05) is 18.9 Å². The van der Waals surface area contributed by atoms with Crippen molar-refractivity contribution in [1.29, 1.82) is 0 Å². The Morgan fingerprint density at radius 2 is 2.33 bits per heavy atom. The molecule has 0 saturated carbocycles. The fourth-order valence-electron chi connectivity index (χ4n) is 1.66. The maximum atomic E-state index is 5.83. The van der Waals surface area contributed by atoms with Crippen LogP contribution in [0.3, 0.4) is 0 Å². The average Bonchev–Trinajstić information content (AvgIpc) is 2.98. The molecule has 0 unspecified atom stereocenters. The Morgan fingerprint density at radius 1 is 1.39 bits per heavy atom. The van der Waals surface area contributed by atoms with E-state index in [9.17, 15) is 0 Å². The van der Waals surface area contributed by atoms with Gasteiger partial charge in [0.1, 0.15) is 5.82 Å². The van der Waals surface area contributed by atoms with E-state index in [1.165, 1.54) is 0 Å². The van der Waals surface area contributed by atoms with Crippen molar-refractivity contribution in [3.63, 3.8) is 0 Å². The number of H-pyrrole nitrogens is 1. The zero-order chi connectivity index (χ0) is 12.4. The second-order valence-electron chi connectivity index (χ2n) is 3.67. The summed E-state index contributed by atoms with van der Waals surface area (Å²) in [6, 6.07) is 1.88. The third-order valence-electron chi connectivity index (χ3n) is 2.48. The van der Waals surface area contributed by atoms with Crippen LogP contribution in [0.15, 0.2) is 24.7 Å². The molecule has 8 heteroatoms. The summed E-state index contributed by atoms with van der Waals surface area (Å²) in [5.74, 6) is 0.672. The highest BCUT2D eigenvalue weighted by atomic mass is 35.5. The lowest BCUT2D eigenvalue weighted by molar-refractivity contribution is 0.637. The molecule has 92 valence electrons. The molecule has 0 aliphatic rings. The molecule has 0 aromatic carbocycles. The van der Waals surface area contributed by atoms with Gasteiger partial charge in [-0.3, -0.25) is 9.78 Å². The predicted octanol–water partition coefficient (Wildman–Crippen LogP) is 1.31. The standard InChI is InChI=1S/C10H10ClN7/c11-10-15-8(7-6-13-17-9(7)16-10)12-3-5-18-4-1-2-14-18/h1-2,4,6H,3,5H2,(H2,12,13,15,16,17). The molecule has 18 heavy (non-hydrogen) atoms. The van der Waals surface area contributed by atoms with Gasteiger partial charge in [-0.2, -0.15) is 20.2 Å². The van der Waals surface area contributed by atoms with Crippen molar-refractivity contribution in [1.82, 2.24) is 29.9 Å². The first-order valence-electron chi connectivity index (χ1n) is 5.41. The smallest absolute Gasteiger partial charge is 0.226 e. The van der Waals surface area contributed by atoms with E-state index in [4.69, 9.17) is 11.6 Å². The monoisotopic (exact) mass is 263 g/mol. The van der Waals surface area contributed by atoms with Crippen LogP contribution < -0.4 is 5.32 Å². The molecule has 0 saturated heterocycles. The quantitative estimate of drug-likeness (QED) is 0.694. The zero-order valence-electron chi connectivity index (χ0n) is 9.34. The van der Waals surface area contributed by atoms with E-state index in [2.05, 4.69) is 30.6 Å². The van der Waals surface area contributed by atoms with E-state index >= 15 is 0 Å². The first kappa shape index (κ1) is 11.0. The Hall–Kier alpha value is -2.15. The van der Waals surface area contributed by atoms with Gasteiger partial charge in [0.25, 0.3) is 0 Å².